The Balaban J connectivity index is 0.00000182. The summed E-state index contributed by atoms with van der Waals surface area (Å²) in [4.78, 5) is 6.50. The fourth-order valence-electron chi connectivity index (χ4n) is 3.16. The van der Waals surface area contributed by atoms with Crippen LogP contribution in [0.3, 0.4) is 0 Å². The number of aromatic nitrogens is 1. The molecule has 1 aromatic heterocycles. The highest BCUT2D eigenvalue weighted by molar-refractivity contribution is 5.95. The van der Waals surface area contributed by atoms with Crippen LogP contribution in [0, 0.1) is 11.6 Å². The molecule has 1 saturated heterocycles. The molecule has 25 heavy (non-hydrogen) atoms. The van der Waals surface area contributed by atoms with Gasteiger partial charge in [0.1, 0.15) is 17.2 Å². The Kier molecular flexibility index (Phi) is 5.16. The number of nitrogens with one attached hydrogen (secondary N) is 1. The number of hydrogen-bond donors (Lipinski definition) is 1. The summed E-state index contributed by atoms with van der Waals surface area (Å²) in [5.41, 5.74) is 2.34. The zero-order valence-corrected chi connectivity index (χ0v) is 14.3. The average Bonchev–Trinajstić information content (AvgIpc) is 2.65. The molecule has 0 radical (unpaired) electrons. The number of pyridine rings is 1. The number of benzene rings is 2. The molecule has 3 aromatic rings. The number of rotatable bonds is 2. The number of nitrogens with zero attached hydrogens (tertiary/aromatic N) is 2. The molecular formula is C19H18ClF2N3. The molecule has 0 atom stereocenters. The van der Waals surface area contributed by atoms with Crippen molar-refractivity contribution in [3.05, 3.63) is 60.2 Å². The van der Waals surface area contributed by atoms with Gasteiger partial charge in [0.05, 0.1) is 16.8 Å². The molecule has 0 unspecified atom stereocenters. The van der Waals surface area contributed by atoms with Gasteiger partial charge in [0.2, 0.25) is 0 Å². The van der Waals surface area contributed by atoms with Crippen LogP contribution in [0.25, 0.3) is 22.2 Å². The van der Waals surface area contributed by atoms with Gasteiger partial charge >= 0.3 is 0 Å². The summed E-state index contributed by atoms with van der Waals surface area (Å²) in [6, 6.07) is 13.8. The normalized spacial score (nSPS) is 14.4. The van der Waals surface area contributed by atoms with Crippen molar-refractivity contribution < 1.29 is 8.78 Å². The monoisotopic (exact) mass is 361 g/mol. The Morgan fingerprint density at radius 3 is 2.32 bits per heavy atom. The largest absolute Gasteiger partial charge is 0.368 e. The van der Waals surface area contributed by atoms with Gasteiger partial charge in [-0.3, -0.25) is 0 Å². The maximum Gasteiger partial charge on any atom is 0.149 e. The van der Waals surface area contributed by atoms with E-state index in [-0.39, 0.29) is 23.3 Å². The number of fused-ring (bicyclic) bond motifs is 1. The first-order chi connectivity index (χ1) is 11.7. The first-order valence-electron chi connectivity index (χ1n) is 8.04. The van der Waals surface area contributed by atoms with Crippen LogP contribution < -0.4 is 10.2 Å². The van der Waals surface area contributed by atoms with Crippen LogP contribution in [-0.4, -0.2) is 31.2 Å². The summed E-state index contributed by atoms with van der Waals surface area (Å²) < 4.78 is 28.8. The maximum atomic E-state index is 14.5. The van der Waals surface area contributed by atoms with E-state index in [0.29, 0.717) is 11.4 Å². The van der Waals surface area contributed by atoms with Crippen molar-refractivity contribution in [3.8, 4) is 11.3 Å². The van der Waals surface area contributed by atoms with Gasteiger partial charge in [0, 0.05) is 31.7 Å². The Hall–Kier alpha value is -2.24. The Bertz CT molecular complexity index is 881. The van der Waals surface area contributed by atoms with E-state index in [4.69, 9.17) is 0 Å². The van der Waals surface area contributed by atoms with E-state index in [2.05, 4.69) is 15.2 Å². The standard InChI is InChI=1S/C19H17F2N3.ClH/c20-14-6-7-15(21)19-18(14)17(24-10-8-22-9-11-24)12-16(23-19)13-4-2-1-3-5-13;/h1-7,12,22H,8-11H2;1H. The van der Waals surface area contributed by atoms with Crippen LogP contribution in [-0.2, 0) is 0 Å². The summed E-state index contributed by atoms with van der Waals surface area (Å²) in [6.45, 7) is 3.15. The van der Waals surface area contributed by atoms with Crippen molar-refractivity contribution in [1.29, 1.82) is 0 Å². The number of hydrogen-bond acceptors (Lipinski definition) is 3. The lowest BCUT2D eigenvalue weighted by molar-refractivity contribution is 0.587. The van der Waals surface area contributed by atoms with Crippen LogP contribution >= 0.6 is 12.4 Å². The number of anilines is 1. The smallest absolute Gasteiger partial charge is 0.149 e. The highest BCUT2D eigenvalue weighted by Crippen LogP contribution is 2.34. The third kappa shape index (κ3) is 3.30. The zero-order valence-electron chi connectivity index (χ0n) is 13.5. The van der Waals surface area contributed by atoms with Crippen molar-refractivity contribution in [2.24, 2.45) is 0 Å². The number of piperazine rings is 1. The van der Waals surface area contributed by atoms with Gasteiger partial charge < -0.3 is 10.2 Å². The molecule has 2 aromatic carbocycles. The molecule has 0 saturated carbocycles. The van der Waals surface area contributed by atoms with Gasteiger partial charge in [-0.2, -0.15) is 0 Å². The first-order valence-corrected chi connectivity index (χ1v) is 8.04. The van der Waals surface area contributed by atoms with Crippen LogP contribution in [0.15, 0.2) is 48.5 Å². The van der Waals surface area contributed by atoms with Gasteiger partial charge in [-0.05, 0) is 18.2 Å². The lowest BCUT2D eigenvalue weighted by atomic mass is 10.1. The van der Waals surface area contributed by atoms with Crippen molar-refractivity contribution in [2.75, 3.05) is 31.1 Å². The molecule has 1 N–H and O–H groups in total. The Morgan fingerprint density at radius 2 is 1.60 bits per heavy atom. The molecule has 0 spiro atoms. The van der Waals surface area contributed by atoms with Gasteiger partial charge in [-0.25, -0.2) is 13.8 Å². The summed E-state index contributed by atoms with van der Waals surface area (Å²) in [5.74, 6) is -0.937. The van der Waals surface area contributed by atoms with E-state index in [9.17, 15) is 8.78 Å². The second-order valence-corrected chi connectivity index (χ2v) is 5.88. The molecule has 4 rings (SSSR count). The third-order valence-electron chi connectivity index (χ3n) is 4.37. The van der Waals surface area contributed by atoms with E-state index < -0.39 is 11.6 Å². The molecule has 3 nitrogen and oxygen atoms in total. The van der Waals surface area contributed by atoms with Crippen molar-refractivity contribution in [1.82, 2.24) is 10.3 Å². The second kappa shape index (κ2) is 7.33. The maximum absolute atomic E-state index is 14.5. The zero-order chi connectivity index (χ0) is 16.5. The van der Waals surface area contributed by atoms with Crippen molar-refractivity contribution >= 4 is 29.0 Å². The quantitative estimate of drug-likeness (QED) is 0.747. The molecule has 1 fully saturated rings. The molecule has 0 amide bonds. The van der Waals surface area contributed by atoms with E-state index in [1.165, 1.54) is 6.07 Å². The van der Waals surface area contributed by atoms with E-state index in [1.54, 1.807) is 0 Å². The van der Waals surface area contributed by atoms with Gasteiger partial charge in [-0.15, -0.1) is 12.4 Å². The van der Waals surface area contributed by atoms with Gasteiger partial charge in [0.25, 0.3) is 0 Å². The lowest BCUT2D eigenvalue weighted by Crippen LogP contribution is -2.43. The first kappa shape index (κ1) is 17.6. The molecule has 2 heterocycles. The molecular weight excluding hydrogens is 344 g/mol. The van der Waals surface area contributed by atoms with Crippen LogP contribution in [0.1, 0.15) is 0 Å². The predicted molar refractivity (Wildman–Crippen MR) is 99.4 cm³/mol. The fourth-order valence-corrected chi connectivity index (χ4v) is 3.16. The number of halogens is 3. The average molecular weight is 362 g/mol. The van der Waals surface area contributed by atoms with Gasteiger partial charge in [0.15, 0.2) is 0 Å². The van der Waals surface area contributed by atoms with E-state index in [0.717, 1.165) is 37.8 Å². The highest BCUT2D eigenvalue weighted by atomic mass is 35.5. The molecule has 1 aliphatic rings. The summed E-state index contributed by atoms with van der Waals surface area (Å²) in [7, 11) is 0. The predicted octanol–water partition coefficient (Wildman–Crippen LogP) is 4.01. The fraction of sp³-hybridized carbons (Fsp3) is 0.211. The Morgan fingerprint density at radius 1 is 0.920 bits per heavy atom. The Labute approximate surface area is 151 Å². The molecule has 0 bridgehead atoms. The lowest BCUT2D eigenvalue weighted by Gasteiger charge is -2.30. The van der Waals surface area contributed by atoms with Crippen LogP contribution in [0.5, 0.6) is 0 Å². The minimum atomic E-state index is -0.499. The van der Waals surface area contributed by atoms with Crippen molar-refractivity contribution in [3.63, 3.8) is 0 Å². The third-order valence-corrected chi connectivity index (χ3v) is 4.37. The molecule has 0 aliphatic carbocycles. The summed E-state index contributed by atoms with van der Waals surface area (Å²) >= 11 is 0. The molecule has 130 valence electrons. The minimum absolute atomic E-state index is 0. The van der Waals surface area contributed by atoms with Crippen LogP contribution in [0.4, 0.5) is 14.5 Å². The summed E-state index contributed by atoms with van der Waals surface area (Å²) in [6.07, 6.45) is 0. The molecule has 6 heteroatoms. The highest BCUT2D eigenvalue weighted by Gasteiger charge is 2.20. The van der Waals surface area contributed by atoms with E-state index in [1.807, 2.05) is 36.4 Å². The van der Waals surface area contributed by atoms with Crippen molar-refractivity contribution in [2.45, 2.75) is 0 Å². The van der Waals surface area contributed by atoms with Crippen LogP contribution in [0.2, 0.25) is 0 Å². The molecule has 1 aliphatic heterocycles. The summed E-state index contributed by atoms with van der Waals surface area (Å²) in [5, 5.41) is 3.54. The van der Waals surface area contributed by atoms with E-state index >= 15 is 0 Å². The SMILES string of the molecule is Cl.Fc1ccc(F)c2c(N3CCNCC3)cc(-c3ccccc3)nc12. The van der Waals surface area contributed by atoms with Gasteiger partial charge in [-0.1, -0.05) is 30.3 Å². The topological polar surface area (TPSA) is 28.2 Å². The minimum Gasteiger partial charge on any atom is -0.368 e. The second-order valence-electron chi connectivity index (χ2n) is 5.88.